The van der Waals surface area contributed by atoms with Gasteiger partial charge in [0.1, 0.15) is 5.82 Å². The van der Waals surface area contributed by atoms with Crippen LogP contribution in [0.1, 0.15) is 5.82 Å². The van der Waals surface area contributed by atoms with Gasteiger partial charge < -0.3 is 16.0 Å². The molecule has 0 saturated carbocycles. The van der Waals surface area contributed by atoms with Crippen LogP contribution in [0.4, 0.5) is 5.69 Å². The molecular formula is C9H12N4. The third-order valence-corrected chi connectivity index (χ3v) is 2.01. The maximum Gasteiger partial charge on any atom is 0.121 e. The molecule has 68 valence electrons. The van der Waals surface area contributed by atoms with Gasteiger partial charge in [0.15, 0.2) is 0 Å². The average molecular weight is 176 g/mol. The molecule has 13 heavy (non-hydrogen) atoms. The maximum atomic E-state index is 5.47. The van der Waals surface area contributed by atoms with Gasteiger partial charge in [0.25, 0.3) is 0 Å². The monoisotopic (exact) mass is 176 g/mol. The molecule has 4 heteroatoms. The number of fused-ring (bicyclic) bond motifs is 1. The summed E-state index contributed by atoms with van der Waals surface area (Å²) in [6.45, 7) is 0.448. The van der Waals surface area contributed by atoms with E-state index in [9.17, 15) is 0 Å². The molecule has 2 rings (SSSR count). The highest BCUT2D eigenvalue weighted by Crippen LogP contribution is 2.16. The van der Waals surface area contributed by atoms with Crippen LogP contribution in [0, 0.1) is 0 Å². The van der Waals surface area contributed by atoms with E-state index in [4.69, 9.17) is 5.73 Å². The zero-order chi connectivity index (χ0) is 9.26. The number of benzene rings is 1. The first kappa shape index (κ1) is 8.07. The number of aromatic amines is 1. The van der Waals surface area contributed by atoms with Gasteiger partial charge in [0, 0.05) is 12.7 Å². The fourth-order valence-corrected chi connectivity index (χ4v) is 1.31. The zero-order valence-corrected chi connectivity index (χ0v) is 7.46. The summed E-state index contributed by atoms with van der Waals surface area (Å²) in [7, 11) is 1.89. The third-order valence-electron chi connectivity index (χ3n) is 2.01. The second-order valence-electron chi connectivity index (χ2n) is 2.87. The van der Waals surface area contributed by atoms with Gasteiger partial charge >= 0.3 is 0 Å². The van der Waals surface area contributed by atoms with E-state index in [-0.39, 0.29) is 0 Å². The number of nitrogens with two attached hydrogens (primary N) is 1. The van der Waals surface area contributed by atoms with E-state index in [1.807, 2.05) is 25.2 Å². The minimum Gasteiger partial charge on any atom is -0.388 e. The molecule has 0 spiro atoms. The van der Waals surface area contributed by atoms with Gasteiger partial charge in [-0.2, -0.15) is 0 Å². The molecule has 0 aliphatic rings. The Bertz CT molecular complexity index is 416. The maximum absolute atomic E-state index is 5.47. The Morgan fingerprint density at radius 1 is 1.54 bits per heavy atom. The molecule has 1 aromatic heterocycles. The quantitative estimate of drug-likeness (QED) is 0.641. The Morgan fingerprint density at radius 2 is 2.38 bits per heavy atom. The number of anilines is 1. The molecule has 0 saturated heterocycles. The molecule has 0 bridgehead atoms. The highest BCUT2D eigenvalue weighted by atomic mass is 14.9. The number of nitrogens with zero attached hydrogens (tertiary/aromatic N) is 1. The van der Waals surface area contributed by atoms with Crippen molar-refractivity contribution in [2.45, 2.75) is 6.54 Å². The molecule has 2 aromatic rings. The second-order valence-corrected chi connectivity index (χ2v) is 2.87. The Balaban J connectivity index is 2.57. The molecule has 1 aromatic carbocycles. The summed E-state index contributed by atoms with van der Waals surface area (Å²) in [6.07, 6.45) is 0. The third kappa shape index (κ3) is 1.36. The lowest BCUT2D eigenvalue weighted by molar-refractivity contribution is 0.958. The molecule has 0 aliphatic heterocycles. The SMILES string of the molecule is CNc1ccc2nc(CN)[nH]c2c1. The van der Waals surface area contributed by atoms with Gasteiger partial charge in [-0.15, -0.1) is 0 Å². The lowest BCUT2D eigenvalue weighted by Crippen LogP contribution is -1.97. The van der Waals surface area contributed by atoms with Gasteiger partial charge in [0.2, 0.25) is 0 Å². The summed E-state index contributed by atoms with van der Waals surface area (Å²) in [5.41, 5.74) is 8.52. The normalized spacial score (nSPS) is 10.6. The van der Waals surface area contributed by atoms with Crippen LogP contribution in [-0.4, -0.2) is 17.0 Å². The first-order chi connectivity index (χ1) is 6.33. The molecular weight excluding hydrogens is 164 g/mol. The van der Waals surface area contributed by atoms with Gasteiger partial charge in [-0.05, 0) is 18.2 Å². The summed E-state index contributed by atoms with van der Waals surface area (Å²) in [5.74, 6) is 0.822. The van der Waals surface area contributed by atoms with Crippen LogP contribution in [0.15, 0.2) is 18.2 Å². The lowest BCUT2D eigenvalue weighted by Gasteiger charge is -1.97. The zero-order valence-electron chi connectivity index (χ0n) is 7.46. The van der Waals surface area contributed by atoms with Crippen LogP contribution in [0.3, 0.4) is 0 Å². The Hall–Kier alpha value is -1.55. The number of hydrogen-bond acceptors (Lipinski definition) is 3. The number of nitrogens with one attached hydrogen (secondary N) is 2. The Morgan fingerprint density at radius 3 is 3.08 bits per heavy atom. The van der Waals surface area contributed by atoms with E-state index in [2.05, 4.69) is 15.3 Å². The fraction of sp³-hybridized carbons (Fsp3) is 0.222. The summed E-state index contributed by atoms with van der Waals surface area (Å²) >= 11 is 0. The standard InChI is InChI=1S/C9H12N4/c1-11-6-2-3-7-8(4-6)13-9(5-10)12-7/h2-4,11H,5,10H2,1H3,(H,12,13). The fourth-order valence-electron chi connectivity index (χ4n) is 1.31. The highest BCUT2D eigenvalue weighted by Gasteiger charge is 2.00. The number of aromatic nitrogens is 2. The largest absolute Gasteiger partial charge is 0.388 e. The first-order valence-corrected chi connectivity index (χ1v) is 4.20. The van der Waals surface area contributed by atoms with E-state index in [0.717, 1.165) is 22.5 Å². The molecule has 0 fully saturated rings. The number of rotatable bonds is 2. The number of imidazole rings is 1. The molecule has 1 heterocycles. The minimum absolute atomic E-state index is 0.448. The topological polar surface area (TPSA) is 66.7 Å². The smallest absolute Gasteiger partial charge is 0.121 e. The van der Waals surface area contributed by atoms with Crippen molar-refractivity contribution in [3.63, 3.8) is 0 Å². The molecule has 4 nitrogen and oxygen atoms in total. The van der Waals surface area contributed by atoms with Crippen LogP contribution in [0.25, 0.3) is 11.0 Å². The van der Waals surface area contributed by atoms with Crippen LogP contribution in [0.5, 0.6) is 0 Å². The number of H-pyrrole nitrogens is 1. The Labute approximate surface area is 76.2 Å². The van der Waals surface area contributed by atoms with Gasteiger partial charge in [-0.25, -0.2) is 4.98 Å². The van der Waals surface area contributed by atoms with Crippen molar-refractivity contribution in [3.8, 4) is 0 Å². The molecule has 0 aliphatic carbocycles. The highest BCUT2D eigenvalue weighted by molar-refractivity contribution is 5.79. The van der Waals surface area contributed by atoms with Gasteiger partial charge in [-0.3, -0.25) is 0 Å². The van der Waals surface area contributed by atoms with E-state index < -0.39 is 0 Å². The molecule has 4 N–H and O–H groups in total. The van der Waals surface area contributed by atoms with E-state index >= 15 is 0 Å². The van der Waals surface area contributed by atoms with Gasteiger partial charge in [0.05, 0.1) is 17.6 Å². The molecule has 0 unspecified atom stereocenters. The minimum atomic E-state index is 0.448. The summed E-state index contributed by atoms with van der Waals surface area (Å²) in [4.78, 5) is 7.44. The summed E-state index contributed by atoms with van der Waals surface area (Å²) in [6, 6.07) is 5.97. The van der Waals surface area contributed by atoms with Crippen LogP contribution in [0.2, 0.25) is 0 Å². The van der Waals surface area contributed by atoms with Crippen molar-refractivity contribution >= 4 is 16.7 Å². The van der Waals surface area contributed by atoms with Crippen molar-refractivity contribution in [3.05, 3.63) is 24.0 Å². The van der Waals surface area contributed by atoms with Crippen molar-refractivity contribution < 1.29 is 0 Å². The van der Waals surface area contributed by atoms with E-state index in [0.29, 0.717) is 6.54 Å². The summed E-state index contributed by atoms with van der Waals surface area (Å²) < 4.78 is 0. The molecule has 0 amide bonds. The predicted molar refractivity (Wildman–Crippen MR) is 53.5 cm³/mol. The van der Waals surface area contributed by atoms with E-state index in [1.54, 1.807) is 0 Å². The van der Waals surface area contributed by atoms with Crippen LogP contribution >= 0.6 is 0 Å². The van der Waals surface area contributed by atoms with Gasteiger partial charge in [-0.1, -0.05) is 0 Å². The van der Waals surface area contributed by atoms with Crippen molar-refractivity contribution in [2.24, 2.45) is 5.73 Å². The van der Waals surface area contributed by atoms with Crippen LogP contribution < -0.4 is 11.1 Å². The average Bonchev–Trinajstić information content (AvgIpc) is 2.58. The lowest BCUT2D eigenvalue weighted by atomic mass is 10.3. The van der Waals surface area contributed by atoms with Crippen molar-refractivity contribution in [1.29, 1.82) is 0 Å². The van der Waals surface area contributed by atoms with E-state index in [1.165, 1.54) is 0 Å². The second kappa shape index (κ2) is 3.06. The van der Waals surface area contributed by atoms with Crippen molar-refractivity contribution in [1.82, 2.24) is 9.97 Å². The van der Waals surface area contributed by atoms with Crippen molar-refractivity contribution in [2.75, 3.05) is 12.4 Å². The first-order valence-electron chi connectivity index (χ1n) is 4.20. The van der Waals surface area contributed by atoms with Crippen LogP contribution in [-0.2, 0) is 6.54 Å². The number of hydrogen-bond donors (Lipinski definition) is 3. The molecule has 0 atom stereocenters. The Kier molecular flexibility index (Phi) is 1.90. The predicted octanol–water partition coefficient (Wildman–Crippen LogP) is 1.06. The summed E-state index contributed by atoms with van der Waals surface area (Å²) in [5, 5.41) is 3.07. The molecule has 0 radical (unpaired) electrons.